The highest BCUT2D eigenvalue weighted by molar-refractivity contribution is 5.68. The second-order valence-electron chi connectivity index (χ2n) is 7.31. The van der Waals surface area contributed by atoms with Crippen molar-refractivity contribution in [1.29, 1.82) is 15.8 Å². The van der Waals surface area contributed by atoms with Crippen LogP contribution in [0.4, 0.5) is 14.9 Å². The van der Waals surface area contributed by atoms with Gasteiger partial charge in [-0.15, -0.1) is 0 Å². The standard InChI is InChI=1S/C20H20FN5O3/c1-20(2,3)29-19(27)26-7-6-15(12-26)28-18-5-4-14(21)8-16(18)25-17(11-24)13(9-22)10-23/h4-5,8,15,25H,6-7,12H2,1-3H3. The molecular weight excluding hydrogens is 377 g/mol. The number of nitrogens with zero attached hydrogens (tertiary/aromatic N) is 4. The van der Waals surface area contributed by atoms with Gasteiger partial charge in [-0.05, 0) is 32.9 Å². The minimum Gasteiger partial charge on any atom is -0.486 e. The van der Waals surface area contributed by atoms with Crippen molar-refractivity contribution in [1.82, 2.24) is 4.90 Å². The molecule has 1 aromatic carbocycles. The summed E-state index contributed by atoms with van der Waals surface area (Å²) in [6, 6.07) is 8.59. The van der Waals surface area contributed by atoms with Gasteiger partial charge in [0.05, 0.1) is 12.2 Å². The molecule has 1 aliphatic heterocycles. The Bertz CT molecular complexity index is 931. The molecule has 0 bridgehead atoms. The van der Waals surface area contributed by atoms with Gasteiger partial charge in [-0.2, -0.15) is 15.8 Å². The maximum atomic E-state index is 13.7. The zero-order chi connectivity index (χ0) is 21.6. The van der Waals surface area contributed by atoms with E-state index in [1.165, 1.54) is 17.0 Å². The lowest BCUT2D eigenvalue weighted by Gasteiger charge is -2.24. The summed E-state index contributed by atoms with van der Waals surface area (Å²) in [6.45, 7) is 6.07. The lowest BCUT2D eigenvalue weighted by Crippen LogP contribution is -2.36. The van der Waals surface area contributed by atoms with Crippen LogP contribution in [0.15, 0.2) is 29.5 Å². The van der Waals surface area contributed by atoms with Crippen molar-refractivity contribution < 1.29 is 18.7 Å². The van der Waals surface area contributed by atoms with Crippen LogP contribution in [-0.4, -0.2) is 35.8 Å². The Balaban J connectivity index is 2.16. The number of carbonyl (C=O) groups excluding carboxylic acids is 1. The average Bonchev–Trinajstić information content (AvgIpc) is 3.11. The van der Waals surface area contributed by atoms with Gasteiger partial charge in [-0.1, -0.05) is 0 Å². The van der Waals surface area contributed by atoms with Crippen molar-refractivity contribution in [2.75, 3.05) is 18.4 Å². The number of carbonyl (C=O) groups is 1. The molecule has 0 aromatic heterocycles. The predicted octanol–water partition coefficient (Wildman–Crippen LogP) is 3.45. The molecule has 2 rings (SSSR count). The first kappa shape index (κ1) is 21.5. The van der Waals surface area contributed by atoms with E-state index in [0.717, 1.165) is 6.07 Å². The van der Waals surface area contributed by atoms with Gasteiger partial charge in [0.1, 0.15) is 47.2 Å². The van der Waals surface area contributed by atoms with Crippen LogP contribution >= 0.6 is 0 Å². The van der Waals surface area contributed by atoms with E-state index < -0.39 is 23.1 Å². The van der Waals surface area contributed by atoms with E-state index in [4.69, 9.17) is 20.0 Å². The van der Waals surface area contributed by atoms with E-state index in [-0.39, 0.29) is 29.8 Å². The van der Waals surface area contributed by atoms with E-state index in [9.17, 15) is 14.4 Å². The molecule has 0 spiro atoms. The number of halogens is 1. The number of likely N-dealkylation sites (tertiary alicyclic amines) is 1. The number of amides is 1. The fourth-order valence-electron chi connectivity index (χ4n) is 2.62. The number of benzene rings is 1. The number of hydrogen-bond acceptors (Lipinski definition) is 7. The van der Waals surface area contributed by atoms with Crippen LogP contribution in [0.25, 0.3) is 0 Å². The zero-order valence-corrected chi connectivity index (χ0v) is 16.3. The summed E-state index contributed by atoms with van der Waals surface area (Å²) in [7, 11) is 0. The number of rotatable bonds is 4. The number of hydrogen-bond donors (Lipinski definition) is 1. The topological polar surface area (TPSA) is 122 Å². The van der Waals surface area contributed by atoms with Gasteiger partial charge in [0.15, 0.2) is 5.57 Å². The smallest absolute Gasteiger partial charge is 0.410 e. The number of nitriles is 3. The second kappa shape index (κ2) is 8.95. The van der Waals surface area contributed by atoms with Crippen LogP contribution < -0.4 is 10.1 Å². The average molecular weight is 397 g/mol. The highest BCUT2D eigenvalue weighted by Gasteiger charge is 2.31. The van der Waals surface area contributed by atoms with E-state index in [2.05, 4.69) is 5.32 Å². The summed E-state index contributed by atoms with van der Waals surface area (Å²) in [5, 5.41) is 29.7. The Labute approximate surface area is 168 Å². The molecule has 8 nitrogen and oxygen atoms in total. The van der Waals surface area contributed by atoms with Gasteiger partial charge in [0, 0.05) is 19.0 Å². The number of anilines is 1. The molecule has 1 heterocycles. The quantitative estimate of drug-likeness (QED) is 0.772. The fourth-order valence-corrected chi connectivity index (χ4v) is 2.62. The molecule has 1 unspecified atom stereocenters. The maximum absolute atomic E-state index is 13.7. The number of ether oxygens (including phenoxy) is 2. The molecule has 1 N–H and O–H groups in total. The van der Waals surface area contributed by atoms with Crippen molar-refractivity contribution in [3.05, 3.63) is 35.3 Å². The Morgan fingerprint density at radius 2 is 1.93 bits per heavy atom. The minimum atomic E-state index is -0.608. The highest BCUT2D eigenvalue weighted by Crippen LogP contribution is 2.30. The molecule has 0 radical (unpaired) electrons. The van der Waals surface area contributed by atoms with Crippen molar-refractivity contribution in [2.45, 2.75) is 38.9 Å². The summed E-state index contributed by atoms with van der Waals surface area (Å²) < 4.78 is 24.9. The summed E-state index contributed by atoms with van der Waals surface area (Å²) in [5.41, 5.74) is -1.25. The van der Waals surface area contributed by atoms with Crippen molar-refractivity contribution in [2.24, 2.45) is 0 Å². The minimum absolute atomic E-state index is 0.0975. The van der Waals surface area contributed by atoms with Crippen LogP contribution in [0.5, 0.6) is 5.75 Å². The molecule has 0 aliphatic carbocycles. The van der Waals surface area contributed by atoms with E-state index in [0.29, 0.717) is 13.0 Å². The molecule has 0 saturated carbocycles. The molecule has 1 fully saturated rings. The first-order valence-corrected chi connectivity index (χ1v) is 8.82. The van der Waals surface area contributed by atoms with Gasteiger partial charge < -0.3 is 19.7 Å². The predicted molar refractivity (Wildman–Crippen MR) is 101 cm³/mol. The van der Waals surface area contributed by atoms with Gasteiger partial charge in [-0.3, -0.25) is 0 Å². The van der Waals surface area contributed by atoms with Gasteiger partial charge in [0.25, 0.3) is 0 Å². The monoisotopic (exact) mass is 397 g/mol. The van der Waals surface area contributed by atoms with E-state index in [1.54, 1.807) is 39.0 Å². The van der Waals surface area contributed by atoms with Gasteiger partial charge >= 0.3 is 6.09 Å². The summed E-state index contributed by atoms with van der Waals surface area (Å²) >= 11 is 0. The molecule has 1 aromatic rings. The summed E-state index contributed by atoms with van der Waals surface area (Å²) in [6.07, 6.45) is -0.267. The van der Waals surface area contributed by atoms with E-state index >= 15 is 0 Å². The third-order valence-electron chi connectivity index (χ3n) is 3.88. The van der Waals surface area contributed by atoms with Crippen molar-refractivity contribution >= 4 is 11.8 Å². The lowest BCUT2D eigenvalue weighted by molar-refractivity contribution is 0.0276. The third kappa shape index (κ3) is 5.85. The summed E-state index contributed by atoms with van der Waals surface area (Å²) in [4.78, 5) is 13.7. The Morgan fingerprint density at radius 3 is 2.52 bits per heavy atom. The second-order valence-corrected chi connectivity index (χ2v) is 7.31. The molecule has 1 aliphatic rings. The van der Waals surface area contributed by atoms with Crippen molar-refractivity contribution in [3.63, 3.8) is 0 Å². The van der Waals surface area contributed by atoms with Crippen LogP contribution in [0, 0.1) is 39.8 Å². The van der Waals surface area contributed by atoms with Gasteiger partial charge in [0.2, 0.25) is 0 Å². The molecule has 1 amide bonds. The van der Waals surface area contributed by atoms with E-state index in [1.807, 2.05) is 0 Å². The van der Waals surface area contributed by atoms with Gasteiger partial charge in [-0.25, -0.2) is 9.18 Å². The largest absolute Gasteiger partial charge is 0.486 e. The van der Waals surface area contributed by atoms with Crippen LogP contribution in [-0.2, 0) is 4.74 Å². The normalized spacial score (nSPS) is 15.5. The zero-order valence-electron chi connectivity index (χ0n) is 16.3. The first-order valence-electron chi connectivity index (χ1n) is 8.82. The Hall–Kier alpha value is -3.77. The molecule has 1 atom stereocenters. The first-order chi connectivity index (χ1) is 13.7. The fraction of sp³-hybridized carbons (Fsp3) is 0.400. The van der Waals surface area contributed by atoms with Crippen LogP contribution in [0.3, 0.4) is 0 Å². The summed E-state index contributed by atoms with van der Waals surface area (Å²) in [5.74, 6) is -0.361. The molecule has 9 heteroatoms. The number of allylic oxidation sites excluding steroid dienone is 2. The molecule has 1 saturated heterocycles. The maximum Gasteiger partial charge on any atom is 0.410 e. The lowest BCUT2D eigenvalue weighted by atomic mass is 10.2. The van der Waals surface area contributed by atoms with Crippen molar-refractivity contribution in [3.8, 4) is 24.0 Å². The highest BCUT2D eigenvalue weighted by atomic mass is 19.1. The van der Waals surface area contributed by atoms with Crippen LogP contribution in [0.1, 0.15) is 27.2 Å². The third-order valence-corrected chi connectivity index (χ3v) is 3.88. The van der Waals surface area contributed by atoms with Crippen LogP contribution in [0.2, 0.25) is 0 Å². The molecule has 150 valence electrons. The molecule has 29 heavy (non-hydrogen) atoms. The molecular formula is C20H20FN5O3. The Morgan fingerprint density at radius 1 is 1.24 bits per heavy atom. The Kier molecular flexibility index (Phi) is 6.64. The number of nitrogens with one attached hydrogen (secondary N) is 1. The SMILES string of the molecule is CC(C)(C)OC(=O)N1CCC(Oc2ccc(F)cc2NC(C#N)=C(C#N)C#N)C1.